The Morgan fingerprint density at radius 3 is 1.64 bits per heavy atom. The van der Waals surface area contributed by atoms with Crippen molar-refractivity contribution in [1.29, 1.82) is 0 Å². The van der Waals surface area contributed by atoms with Crippen LogP contribution in [0.1, 0.15) is 47.2 Å². The average molecular weight is 324 g/mol. The van der Waals surface area contributed by atoms with Crippen molar-refractivity contribution >= 4 is 5.57 Å². The third-order valence-corrected chi connectivity index (χ3v) is 5.63. The highest BCUT2D eigenvalue weighted by Gasteiger charge is 2.54. The van der Waals surface area contributed by atoms with E-state index in [9.17, 15) is 0 Å². The van der Waals surface area contributed by atoms with E-state index in [-0.39, 0.29) is 5.60 Å². The van der Waals surface area contributed by atoms with Gasteiger partial charge in [-0.25, -0.2) is 0 Å². The third-order valence-electron chi connectivity index (χ3n) is 5.63. The molecule has 0 unspecified atom stereocenters. The van der Waals surface area contributed by atoms with E-state index in [1.165, 1.54) is 33.4 Å². The molecule has 1 heterocycles. The van der Waals surface area contributed by atoms with Gasteiger partial charge in [0.1, 0.15) is 5.60 Å². The lowest BCUT2D eigenvalue weighted by Gasteiger charge is -2.40. The molecule has 3 aromatic carbocycles. The molecule has 5 rings (SSSR count). The van der Waals surface area contributed by atoms with Gasteiger partial charge in [0.05, 0.1) is 5.60 Å². The van der Waals surface area contributed by atoms with Crippen molar-refractivity contribution in [3.8, 4) is 0 Å². The molecule has 1 nitrogen and oxygen atoms in total. The highest BCUT2D eigenvalue weighted by molar-refractivity contribution is 5.87. The number of hydrogen-bond donors (Lipinski definition) is 0. The largest absolute Gasteiger partial charge is 0.350 e. The van der Waals surface area contributed by atoms with Crippen molar-refractivity contribution in [2.75, 3.05) is 0 Å². The van der Waals surface area contributed by atoms with E-state index >= 15 is 0 Å². The predicted octanol–water partition coefficient (Wildman–Crippen LogP) is 5.62. The quantitative estimate of drug-likeness (QED) is 0.521. The molecule has 0 aromatic heterocycles. The van der Waals surface area contributed by atoms with E-state index in [2.05, 4.69) is 93.2 Å². The summed E-state index contributed by atoms with van der Waals surface area (Å²) >= 11 is 0. The Morgan fingerprint density at radius 1 is 0.640 bits per heavy atom. The Labute approximate surface area is 148 Å². The minimum Gasteiger partial charge on any atom is -0.350 e. The lowest BCUT2D eigenvalue weighted by atomic mass is 9.69. The summed E-state index contributed by atoms with van der Waals surface area (Å²) in [4.78, 5) is 0. The second-order valence-corrected chi connectivity index (χ2v) is 7.41. The molecule has 1 spiro atoms. The zero-order valence-electron chi connectivity index (χ0n) is 14.5. The molecular formula is C24H20O. The van der Waals surface area contributed by atoms with Crippen LogP contribution < -0.4 is 0 Å². The van der Waals surface area contributed by atoms with Crippen LogP contribution in [0.5, 0.6) is 0 Å². The van der Waals surface area contributed by atoms with Crippen molar-refractivity contribution in [3.63, 3.8) is 0 Å². The van der Waals surface area contributed by atoms with Gasteiger partial charge in [-0.3, -0.25) is 0 Å². The second kappa shape index (κ2) is 4.71. The van der Waals surface area contributed by atoms with E-state index in [1.807, 2.05) is 0 Å². The van der Waals surface area contributed by atoms with Crippen LogP contribution in [0.3, 0.4) is 0 Å². The van der Waals surface area contributed by atoms with Gasteiger partial charge in [0.25, 0.3) is 0 Å². The van der Waals surface area contributed by atoms with Gasteiger partial charge in [0.2, 0.25) is 0 Å². The number of ether oxygens (including phenoxy) is 1. The first kappa shape index (κ1) is 14.7. The van der Waals surface area contributed by atoms with Crippen LogP contribution >= 0.6 is 0 Å². The van der Waals surface area contributed by atoms with Gasteiger partial charge in [-0.2, -0.15) is 0 Å². The summed E-state index contributed by atoms with van der Waals surface area (Å²) in [7, 11) is 0. The van der Waals surface area contributed by atoms with E-state index < -0.39 is 5.60 Å². The Morgan fingerprint density at radius 2 is 1.08 bits per heavy atom. The van der Waals surface area contributed by atoms with Crippen molar-refractivity contribution < 1.29 is 4.74 Å². The smallest absolute Gasteiger partial charge is 0.146 e. The lowest BCUT2D eigenvalue weighted by molar-refractivity contribution is -0.0810. The average Bonchev–Trinajstić information content (AvgIpc) is 2.89. The first-order chi connectivity index (χ1) is 12.1. The fourth-order valence-electron chi connectivity index (χ4n) is 4.60. The first-order valence-corrected chi connectivity index (χ1v) is 8.74. The molecule has 2 aliphatic rings. The molecule has 122 valence electrons. The molecule has 25 heavy (non-hydrogen) atoms. The summed E-state index contributed by atoms with van der Waals surface area (Å²) in [5.41, 5.74) is 7.38. The minimum absolute atomic E-state index is 0.352. The maximum atomic E-state index is 6.91. The Kier molecular flexibility index (Phi) is 2.77. The van der Waals surface area contributed by atoms with Gasteiger partial charge in [0.15, 0.2) is 0 Å². The molecule has 3 aromatic rings. The van der Waals surface area contributed by atoms with Crippen LogP contribution in [0.2, 0.25) is 0 Å². The van der Waals surface area contributed by atoms with Crippen molar-refractivity contribution in [2.24, 2.45) is 0 Å². The van der Waals surface area contributed by atoms with Crippen LogP contribution in [0.4, 0.5) is 0 Å². The van der Waals surface area contributed by atoms with Gasteiger partial charge in [0, 0.05) is 11.1 Å². The molecule has 1 heteroatoms. The predicted molar refractivity (Wildman–Crippen MR) is 101 cm³/mol. The highest BCUT2D eigenvalue weighted by atomic mass is 16.5. The molecule has 0 saturated heterocycles. The summed E-state index contributed by atoms with van der Waals surface area (Å²) in [6.07, 6.45) is 0. The summed E-state index contributed by atoms with van der Waals surface area (Å²) < 4.78 is 6.91. The summed E-state index contributed by atoms with van der Waals surface area (Å²) in [6, 6.07) is 25.7. The number of fused-ring (bicyclic) bond motifs is 6. The van der Waals surface area contributed by atoms with E-state index in [0.717, 1.165) is 5.57 Å². The third kappa shape index (κ3) is 1.71. The van der Waals surface area contributed by atoms with E-state index in [1.54, 1.807) is 0 Å². The maximum Gasteiger partial charge on any atom is 0.146 e. The van der Waals surface area contributed by atoms with Gasteiger partial charge >= 0.3 is 0 Å². The van der Waals surface area contributed by atoms with Gasteiger partial charge in [-0.1, -0.05) is 79.4 Å². The van der Waals surface area contributed by atoms with E-state index in [4.69, 9.17) is 4.74 Å². The standard InChI is InChI=1S/C24H20O/c1-16-17-10-4-6-12-19(17)24(20-13-7-5-11-18(16)20)22-15-9-8-14-21(22)23(2,3)25-24/h4-15H,1H2,2-3H3. The first-order valence-electron chi connectivity index (χ1n) is 8.74. The molecule has 0 saturated carbocycles. The molecule has 1 aliphatic heterocycles. The number of hydrogen-bond acceptors (Lipinski definition) is 1. The van der Waals surface area contributed by atoms with Crippen molar-refractivity contribution in [3.05, 3.63) is 113 Å². The zero-order valence-corrected chi connectivity index (χ0v) is 14.5. The highest BCUT2D eigenvalue weighted by Crippen LogP contribution is 2.58. The second-order valence-electron chi connectivity index (χ2n) is 7.41. The molecule has 0 atom stereocenters. The minimum atomic E-state index is -0.575. The SMILES string of the molecule is C=C1c2ccccc2C2(OC(C)(C)c3ccccc32)c2ccccc21. The summed E-state index contributed by atoms with van der Waals surface area (Å²) in [6.45, 7) is 8.71. The van der Waals surface area contributed by atoms with Gasteiger partial charge < -0.3 is 4.74 Å². The number of rotatable bonds is 0. The molecular weight excluding hydrogens is 304 g/mol. The summed E-state index contributed by atoms with van der Waals surface area (Å²) in [5, 5.41) is 0. The van der Waals surface area contributed by atoms with Gasteiger partial charge in [-0.05, 0) is 41.7 Å². The lowest BCUT2D eigenvalue weighted by Crippen LogP contribution is -2.36. The fraction of sp³-hybridized carbons (Fsp3) is 0.167. The topological polar surface area (TPSA) is 9.23 Å². The Bertz CT molecular complexity index is 976. The van der Waals surface area contributed by atoms with Crippen LogP contribution in [-0.2, 0) is 15.9 Å². The monoisotopic (exact) mass is 324 g/mol. The summed E-state index contributed by atoms with van der Waals surface area (Å²) in [5.74, 6) is 0. The molecule has 0 amide bonds. The van der Waals surface area contributed by atoms with Crippen LogP contribution in [0.15, 0.2) is 79.4 Å². The molecule has 0 bridgehead atoms. The molecule has 1 aliphatic carbocycles. The molecule has 0 fully saturated rings. The van der Waals surface area contributed by atoms with Crippen LogP contribution in [-0.4, -0.2) is 0 Å². The molecule has 0 N–H and O–H groups in total. The van der Waals surface area contributed by atoms with Crippen molar-refractivity contribution in [2.45, 2.75) is 25.0 Å². The zero-order chi connectivity index (χ0) is 17.2. The fourth-order valence-corrected chi connectivity index (χ4v) is 4.60. The number of benzene rings is 3. The Hall–Kier alpha value is -2.64. The normalized spacial score (nSPS) is 18.6. The van der Waals surface area contributed by atoms with Gasteiger partial charge in [-0.15, -0.1) is 0 Å². The van der Waals surface area contributed by atoms with Crippen LogP contribution in [0, 0.1) is 0 Å². The van der Waals surface area contributed by atoms with E-state index in [0.29, 0.717) is 0 Å². The maximum absolute atomic E-state index is 6.91. The Balaban J connectivity index is 1.96. The van der Waals surface area contributed by atoms with Crippen LogP contribution in [0.25, 0.3) is 5.57 Å². The molecule has 0 radical (unpaired) electrons. The van der Waals surface area contributed by atoms with Crippen molar-refractivity contribution in [1.82, 2.24) is 0 Å².